The van der Waals surface area contributed by atoms with Gasteiger partial charge in [-0.05, 0) is 63.4 Å². The maximum absolute atomic E-state index is 12.2. The van der Waals surface area contributed by atoms with Gasteiger partial charge in [0.15, 0.2) is 0 Å². The lowest BCUT2D eigenvalue weighted by Gasteiger charge is -2.28. The quantitative estimate of drug-likeness (QED) is 0.897. The van der Waals surface area contributed by atoms with Crippen molar-refractivity contribution in [2.75, 3.05) is 7.05 Å². The number of carbonyl (C=O) groups excluding carboxylic acids is 1. The van der Waals surface area contributed by atoms with Crippen molar-refractivity contribution in [2.24, 2.45) is 0 Å². The lowest BCUT2D eigenvalue weighted by atomic mass is 9.91. The monoisotopic (exact) mass is 324 g/mol. The van der Waals surface area contributed by atoms with Gasteiger partial charge in [0, 0.05) is 22.1 Å². The molecular weight excluding hydrogens is 304 g/mol. The van der Waals surface area contributed by atoms with E-state index < -0.39 is 0 Å². The molecule has 0 unspecified atom stereocenters. The third kappa shape index (κ3) is 4.05. The Hall–Kier alpha value is -0.870. The van der Waals surface area contributed by atoms with Crippen molar-refractivity contribution in [1.82, 2.24) is 10.6 Å². The van der Waals surface area contributed by atoms with E-state index in [1.165, 1.54) is 0 Å². The predicted molar refractivity (Wildman–Crippen MR) is 81.4 cm³/mol. The van der Waals surface area contributed by atoms with Gasteiger partial charge in [-0.25, -0.2) is 0 Å². The van der Waals surface area contributed by atoms with Crippen molar-refractivity contribution in [3.63, 3.8) is 0 Å². The molecular formula is C15H21BrN2O. The zero-order valence-corrected chi connectivity index (χ0v) is 13.1. The minimum atomic E-state index is 0.0392. The lowest BCUT2D eigenvalue weighted by Crippen LogP contribution is -2.41. The number of nitrogens with one attached hydrogen (secondary N) is 2. The average molecular weight is 325 g/mol. The molecule has 3 nitrogen and oxygen atoms in total. The molecule has 0 radical (unpaired) electrons. The minimum absolute atomic E-state index is 0.0392. The molecule has 1 aromatic carbocycles. The fraction of sp³-hybridized carbons (Fsp3) is 0.533. The van der Waals surface area contributed by atoms with Gasteiger partial charge in [0.25, 0.3) is 5.91 Å². The van der Waals surface area contributed by atoms with Gasteiger partial charge in [0.05, 0.1) is 0 Å². The number of amides is 1. The predicted octanol–water partition coefficient (Wildman–Crippen LogP) is 3.02. The zero-order chi connectivity index (χ0) is 13.8. The molecule has 0 bridgehead atoms. The van der Waals surface area contributed by atoms with Crippen LogP contribution < -0.4 is 10.6 Å². The van der Waals surface area contributed by atoms with E-state index in [0.717, 1.165) is 41.3 Å². The molecule has 1 fully saturated rings. The first-order chi connectivity index (χ1) is 9.08. The van der Waals surface area contributed by atoms with Crippen LogP contribution in [0.2, 0.25) is 0 Å². The minimum Gasteiger partial charge on any atom is -0.349 e. The van der Waals surface area contributed by atoms with Crippen molar-refractivity contribution in [2.45, 2.75) is 44.7 Å². The van der Waals surface area contributed by atoms with E-state index in [1.807, 2.05) is 32.2 Å². The number of rotatable bonds is 3. The molecule has 2 rings (SSSR count). The molecule has 1 amide bonds. The maximum Gasteiger partial charge on any atom is 0.251 e. The van der Waals surface area contributed by atoms with Gasteiger partial charge in [0.2, 0.25) is 0 Å². The molecule has 4 heteroatoms. The third-order valence-corrected chi connectivity index (χ3v) is 4.23. The Morgan fingerprint density at radius 3 is 2.37 bits per heavy atom. The summed E-state index contributed by atoms with van der Waals surface area (Å²) in [5.74, 6) is 0.0392. The Labute approximate surface area is 123 Å². The van der Waals surface area contributed by atoms with Gasteiger partial charge < -0.3 is 10.6 Å². The highest BCUT2D eigenvalue weighted by atomic mass is 79.9. The van der Waals surface area contributed by atoms with Crippen molar-refractivity contribution in [1.29, 1.82) is 0 Å². The molecule has 104 valence electrons. The SMILES string of the molecule is CNC1CCC(NC(=O)c2cc(C)cc(Br)c2)CC1. The van der Waals surface area contributed by atoms with Crippen LogP contribution in [0.4, 0.5) is 0 Å². The highest BCUT2D eigenvalue weighted by Crippen LogP contribution is 2.20. The smallest absolute Gasteiger partial charge is 0.251 e. The molecule has 1 aromatic rings. The fourth-order valence-corrected chi connectivity index (χ4v) is 3.27. The number of hydrogen-bond acceptors (Lipinski definition) is 2. The van der Waals surface area contributed by atoms with Gasteiger partial charge in [-0.3, -0.25) is 4.79 Å². The van der Waals surface area contributed by atoms with Crippen LogP contribution in [0, 0.1) is 6.92 Å². The molecule has 2 N–H and O–H groups in total. The number of carbonyl (C=O) groups is 1. The zero-order valence-electron chi connectivity index (χ0n) is 11.5. The molecule has 1 aliphatic rings. The first kappa shape index (κ1) is 14.5. The summed E-state index contributed by atoms with van der Waals surface area (Å²) >= 11 is 3.44. The van der Waals surface area contributed by atoms with Crippen LogP contribution in [0.1, 0.15) is 41.6 Å². The Bertz CT molecular complexity index is 433. The third-order valence-electron chi connectivity index (χ3n) is 3.77. The van der Waals surface area contributed by atoms with E-state index >= 15 is 0 Å². The van der Waals surface area contributed by atoms with E-state index in [-0.39, 0.29) is 5.91 Å². The van der Waals surface area contributed by atoms with Crippen LogP contribution >= 0.6 is 15.9 Å². The molecule has 0 heterocycles. The fourth-order valence-electron chi connectivity index (χ4n) is 2.66. The van der Waals surface area contributed by atoms with E-state index in [0.29, 0.717) is 12.1 Å². The van der Waals surface area contributed by atoms with Crippen LogP contribution in [0.3, 0.4) is 0 Å². The number of hydrogen-bond donors (Lipinski definition) is 2. The Morgan fingerprint density at radius 1 is 1.16 bits per heavy atom. The highest BCUT2D eigenvalue weighted by molar-refractivity contribution is 9.10. The normalized spacial score (nSPS) is 23.1. The molecule has 0 saturated heterocycles. The Balaban J connectivity index is 1.94. The molecule has 1 saturated carbocycles. The standard InChI is InChI=1S/C15H21BrN2O/c1-10-7-11(9-12(16)8-10)15(19)18-14-5-3-13(17-2)4-6-14/h7-9,13-14,17H,3-6H2,1-2H3,(H,18,19). The molecule has 19 heavy (non-hydrogen) atoms. The summed E-state index contributed by atoms with van der Waals surface area (Å²) in [4.78, 5) is 12.2. The Morgan fingerprint density at radius 2 is 1.79 bits per heavy atom. The van der Waals surface area contributed by atoms with E-state index in [4.69, 9.17) is 0 Å². The summed E-state index contributed by atoms with van der Waals surface area (Å²) in [5.41, 5.74) is 1.83. The molecule has 0 aromatic heterocycles. The lowest BCUT2D eigenvalue weighted by molar-refractivity contribution is 0.0924. The summed E-state index contributed by atoms with van der Waals surface area (Å²) in [5, 5.41) is 6.45. The molecule has 0 aliphatic heterocycles. The second kappa shape index (κ2) is 6.53. The summed E-state index contributed by atoms with van der Waals surface area (Å²) in [6.07, 6.45) is 4.40. The van der Waals surface area contributed by atoms with Crippen LogP contribution in [0.15, 0.2) is 22.7 Å². The van der Waals surface area contributed by atoms with Gasteiger partial charge in [-0.15, -0.1) is 0 Å². The second-order valence-electron chi connectivity index (χ2n) is 5.33. The first-order valence-corrected chi connectivity index (χ1v) is 7.63. The van der Waals surface area contributed by atoms with Crippen molar-refractivity contribution in [3.05, 3.63) is 33.8 Å². The van der Waals surface area contributed by atoms with Gasteiger partial charge in [0.1, 0.15) is 0 Å². The van der Waals surface area contributed by atoms with E-state index in [2.05, 4.69) is 26.6 Å². The van der Waals surface area contributed by atoms with Crippen LogP contribution in [0.5, 0.6) is 0 Å². The Kier molecular flexibility index (Phi) is 4.99. The maximum atomic E-state index is 12.2. The average Bonchev–Trinajstić information content (AvgIpc) is 2.38. The highest BCUT2D eigenvalue weighted by Gasteiger charge is 2.21. The van der Waals surface area contributed by atoms with Crippen LogP contribution in [-0.2, 0) is 0 Å². The van der Waals surface area contributed by atoms with Crippen LogP contribution in [0.25, 0.3) is 0 Å². The number of aryl methyl sites for hydroxylation is 1. The topological polar surface area (TPSA) is 41.1 Å². The summed E-state index contributed by atoms with van der Waals surface area (Å²) in [7, 11) is 2.01. The van der Waals surface area contributed by atoms with Crippen LogP contribution in [-0.4, -0.2) is 25.0 Å². The largest absolute Gasteiger partial charge is 0.349 e. The van der Waals surface area contributed by atoms with Crippen molar-refractivity contribution >= 4 is 21.8 Å². The van der Waals surface area contributed by atoms with E-state index in [1.54, 1.807) is 0 Å². The van der Waals surface area contributed by atoms with Gasteiger partial charge in [-0.2, -0.15) is 0 Å². The summed E-state index contributed by atoms with van der Waals surface area (Å²) < 4.78 is 0.955. The molecule has 0 spiro atoms. The van der Waals surface area contributed by atoms with Gasteiger partial charge in [-0.1, -0.05) is 15.9 Å². The number of halogens is 1. The first-order valence-electron chi connectivity index (χ1n) is 6.84. The molecule has 1 aliphatic carbocycles. The second-order valence-corrected chi connectivity index (χ2v) is 6.24. The van der Waals surface area contributed by atoms with Gasteiger partial charge >= 0.3 is 0 Å². The number of benzene rings is 1. The summed E-state index contributed by atoms with van der Waals surface area (Å²) in [6.45, 7) is 2.00. The van der Waals surface area contributed by atoms with Crippen molar-refractivity contribution < 1.29 is 4.79 Å². The summed E-state index contributed by atoms with van der Waals surface area (Å²) in [6, 6.07) is 6.74. The van der Waals surface area contributed by atoms with Crippen molar-refractivity contribution in [3.8, 4) is 0 Å². The molecule has 0 atom stereocenters. The van der Waals surface area contributed by atoms with E-state index in [9.17, 15) is 4.79 Å².